The Morgan fingerprint density at radius 2 is 1.58 bits per heavy atom. The number of nitrogens with zero attached hydrogens (tertiary/aromatic N) is 4. The van der Waals surface area contributed by atoms with Gasteiger partial charge in [-0.05, 0) is 36.3 Å². The van der Waals surface area contributed by atoms with Gasteiger partial charge in [0, 0.05) is 12.4 Å². The number of nitrogen functional groups attached to an aromatic ring is 1. The third kappa shape index (κ3) is 5.96. The van der Waals surface area contributed by atoms with E-state index in [0.717, 1.165) is 0 Å². The van der Waals surface area contributed by atoms with Crippen LogP contribution in [0.4, 0.5) is 5.82 Å². The fourth-order valence-corrected chi connectivity index (χ4v) is 3.65. The minimum absolute atomic E-state index is 0.0960. The molecule has 9 nitrogen and oxygen atoms in total. The van der Waals surface area contributed by atoms with E-state index in [2.05, 4.69) is 53.8 Å². The van der Waals surface area contributed by atoms with Gasteiger partial charge in [-0.15, -0.1) is 0 Å². The van der Waals surface area contributed by atoms with Crippen molar-refractivity contribution in [2.45, 2.75) is 38.9 Å². The molecule has 0 aliphatic carbocycles. The number of ether oxygens (including phenoxy) is 3. The molecular weight excluding hydrogens is 438 g/mol. The van der Waals surface area contributed by atoms with Crippen molar-refractivity contribution in [2.75, 3.05) is 26.1 Å². The third-order valence-electron chi connectivity index (χ3n) is 5.50. The summed E-state index contributed by atoms with van der Waals surface area (Å²) >= 11 is 0. The fourth-order valence-electron chi connectivity index (χ4n) is 2.62. The molecule has 0 bridgehead atoms. The summed E-state index contributed by atoms with van der Waals surface area (Å²) in [6, 6.07) is 8.93. The van der Waals surface area contributed by atoms with Crippen molar-refractivity contribution >= 4 is 14.1 Å². The van der Waals surface area contributed by atoms with Crippen molar-refractivity contribution in [3.63, 3.8) is 0 Å². The second-order valence-electron chi connectivity index (χ2n) is 8.85. The number of benzene rings is 1. The summed E-state index contributed by atoms with van der Waals surface area (Å²) in [5, 5.41) is 0.0995. The van der Waals surface area contributed by atoms with Crippen molar-refractivity contribution in [3.05, 3.63) is 42.7 Å². The van der Waals surface area contributed by atoms with Crippen LogP contribution in [0.5, 0.6) is 23.1 Å². The molecule has 3 rings (SSSR count). The van der Waals surface area contributed by atoms with Crippen LogP contribution in [0.2, 0.25) is 18.1 Å². The van der Waals surface area contributed by atoms with Crippen LogP contribution in [-0.2, 0) is 4.43 Å². The molecule has 0 aliphatic heterocycles. The smallest absolute Gasteiger partial charge is 0.263 e. The molecule has 0 saturated heterocycles. The maximum absolute atomic E-state index is 6.25. The number of nitrogens with two attached hydrogens (primary N) is 1. The molecule has 176 valence electrons. The lowest BCUT2D eigenvalue weighted by atomic mass is 10.2. The van der Waals surface area contributed by atoms with Gasteiger partial charge in [0.25, 0.3) is 5.88 Å². The predicted octanol–water partition coefficient (Wildman–Crippen LogP) is 4.72. The van der Waals surface area contributed by atoms with Crippen LogP contribution < -0.4 is 19.9 Å². The summed E-state index contributed by atoms with van der Waals surface area (Å²) in [6.45, 7) is 11.6. The Morgan fingerprint density at radius 1 is 0.909 bits per heavy atom. The van der Waals surface area contributed by atoms with Gasteiger partial charge in [0.15, 0.2) is 31.5 Å². The van der Waals surface area contributed by atoms with E-state index < -0.39 is 8.32 Å². The van der Waals surface area contributed by atoms with E-state index in [0.29, 0.717) is 23.9 Å². The van der Waals surface area contributed by atoms with Crippen LogP contribution >= 0.6 is 0 Å². The standard InChI is InChI=1S/C23H31N5O4Si/c1-23(2,3)33(5,6)31-15-14-30-22-18(32-17-11-8-7-10-16(17)29-4)19(24)27-21(28-22)20-25-12-9-13-26-20/h7-13H,14-15H2,1-6H3,(H2,24,27,28). The SMILES string of the molecule is COc1ccccc1Oc1c(N)nc(-c2ncccn2)nc1OCCO[Si](C)(C)C(C)(C)C. The maximum atomic E-state index is 6.25. The molecule has 2 N–H and O–H groups in total. The number of anilines is 1. The Bertz CT molecular complexity index is 1070. The van der Waals surface area contributed by atoms with Gasteiger partial charge in [-0.25, -0.2) is 15.0 Å². The molecule has 0 aliphatic rings. The van der Waals surface area contributed by atoms with Crippen molar-refractivity contribution < 1.29 is 18.6 Å². The Kier molecular flexibility index (Phi) is 7.49. The molecule has 0 saturated carbocycles. The van der Waals surface area contributed by atoms with Gasteiger partial charge in [0.2, 0.25) is 11.6 Å². The Balaban J connectivity index is 1.88. The van der Waals surface area contributed by atoms with Gasteiger partial charge in [0.1, 0.15) is 6.61 Å². The molecule has 0 unspecified atom stereocenters. The molecule has 0 atom stereocenters. The average Bonchev–Trinajstić information content (AvgIpc) is 2.78. The lowest BCUT2D eigenvalue weighted by molar-refractivity contribution is 0.195. The van der Waals surface area contributed by atoms with Crippen LogP contribution in [-0.4, -0.2) is 48.6 Å². The molecule has 1 aromatic carbocycles. The van der Waals surface area contributed by atoms with E-state index in [-0.39, 0.29) is 34.9 Å². The van der Waals surface area contributed by atoms with Crippen LogP contribution in [0, 0.1) is 0 Å². The topological polar surface area (TPSA) is 115 Å². The van der Waals surface area contributed by atoms with Crippen molar-refractivity contribution in [3.8, 4) is 34.8 Å². The summed E-state index contributed by atoms with van der Waals surface area (Å²) in [7, 11) is -0.347. The quantitative estimate of drug-likeness (QED) is 0.351. The van der Waals surface area contributed by atoms with E-state index in [9.17, 15) is 0 Å². The summed E-state index contributed by atoms with van der Waals surface area (Å²) in [4.78, 5) is 17.2. The van der Waals surface area contributed by atoms with E-state index in [1.165, 1.54) is 0 Å². The Labute approximate surface area is 195 Å². The van der Waals surface area contributed by atoms with Crippen LogP contribution in [0.1, 0.15) is 20.8 Å². The van der Waals surface area contributed by atoms with Gasteiger partial charge >= 0.3 is 0 Å². The highest BCUT2D eigenvalue weighted by Gasteiger charge is 2.37. The van der Waals surface area contributed by atoms with Gasteiger partial charge in [0.05, 0.1) is 13.7 Å². The zero-order valence-corrected chi connectivity index (χ0v) is 21.0. The first-order chi connectivity index (χ1) is 15.6. The van der Waals surface area contributed by atoms with Crippen molar-refractivity contribution in [1.82, 2.24) is 19.9 Å². The molecule has 0 radical (unpaired) electrons. The molecule has 10 heteroatoms. The normalized spacial score (nSPS) is 11.8. The minimum atomic E-state index is -1.91. The molecule has 2 aromatic heterocycles. The highest BCUT2D eigenvalue weighted by molar-refractivity contribution is 6.74. The van der Waals surface area contributed by atoms with Gasteiger partial charge in [-0.1, -0.05) is 32.9 Å². The summed E-state index contributed by atoms with van der Waals surface area (Å²) in [6.07, 6.45) is 3.21. The van der Waals surface area contributed by atoms with E-state index in [1.54, 1.807) is 37.7 Å². The zero-order valence-electron chi connectivity index (χ0n) is 20.0. The first-order valence-corrected chi connectivity index (χ1v) is 13.6. The third-order valence-corrected chi connectivity index (χ3v) is 10.0. The Hall–Kier alpha value is -3.24. The van der Waals surface area contributed by atoms with Crippen molar-refractivity contribution in [2.24, 2.45) is 0 Å². The first-order valence-electron chi connectivity index (χ1n) is 10.6. The summed E-state index contributed by atoms with van der Waals surface area (Å²) in [5.41, 5.74) is 6.25. The summed E-state index contributed by atoms with van der Waals surface area (Å²) < 4.78 is 23.6. The van der Waals surface area contributed by atoms with E-state index in [4.69, 9.17) is 24.4 Å². The van der Waals surface area contributed by atoms with Crippen molar-refractivity contribution in [1.29, 1.82) is 0 Å². The monoisotopic (exact) mass is 469 g/mol. The van der Waals surface area contributed by atoms with Crippen LogP contribution in [0.25, 0.3) is 11.6 Å². The second kappa shape index (κ2) is 10.1. The highest BCUT2D eigenvalue weighted by Crippen LogP contribution is 2.39. The molecule has 33 heavy (non-hydrogen) atoms. The minimum Gasteiger partial charge on any atom is -0.493 e. The largest absolute Gasteiger partial charge is 0.493 e. The zero-order chi connectivity index (χ0) is 24.1. The number of hydrogen-bond acceptors (Lipinski definition) is 9. The van der Waals surface area contributed by atoms with Crippen LogP contribution in [0.3, 0.4) is 0 Å². The molecule has 0 fully saturated rings. The fraction of sp³-hybridized carbons (Fsp3) is 0.391. The predicted molar refractivity (Wildman–Crippen MR) is 129 cm³/mol. The molecule has 2 heterocycles. The Morgan fingerprint density at radius 3 is 2.21 bits per heavy atom. The molecule has 3 aromatic rings. The van der Waals surface area contributed by atoms with E-state index >= 15 is 0 Å². The number of para-hydroxylation sites is 2. The summed E-state index contributed by atoms with van der Waals surface area (Å²) in [5.74, 6) is 2.03. The van der Waals surface area contributed by atoms with Gasteiger partial charge in [-0.3, -0.25) is 0 Å². The lowest BCUT2D eigenvalue weighted by Crippen LogP contribution is -2.41. The lowest BCUT2D eigenvalue weighted by Gasteiger charge is -2.36. The molecule has 0 spiro atoms. The number of rotatable bonds is 9. The highest BCUT2D eigenvalue weighted by atomic mass is 28.4. The first kappa shape index (κ1) is 24.4. The average molecular weight is 470 g/mol. The maximum Gasteiger partial charge on any atom is 0.263 e. The number of methoxy groups -OCH3 is 1. The number of aromatic nitrogens is 4. The van der Waals surface area contributed by atoms with E-state index in [1.807, 2.05) is 12.1 Å². The van der Waals surface area contributed by atoms with Gasteiger partial charge < -0.3 is 24.4 Å². The second-order valence-corrected chi connectivity index (χ2v) is 13.7. The molecular formula is C23H31N5O4Si. The van der Waals surface area contributed by atoms with Crippen LogP contribution in [0.15, 0.2) is 42.7 Å². The van der Waals surface area contributed by atoms with Gasteiger partial charge in [-0.2, -0.15) is 4.98 Å². The molecule has 0 amide bonds. The number of hydrogen-bond donors (Lipinski definition) is 1.